The van der Waals surface area contributed by atoms with Crippen molar-refractivity contribution in [1.82, 2.24) is 15.8 Å². The summed E-state index contributed by atoms with van der Waals surface area (Å²) < 4.78 is 0. The van der Waals surface area contributed by atoms with Crippen molar-refractivity contribution in [1.29, 1.82) is 0 Å². The van der Waals surface area contributed by atoms with Crippen molar-refractivity contribution in [2.75, 3.05) is 0 Å². The highest BCUT2D eigenvalue weighted by Gasteiger charge is 2.28. The molecule has 8 heteroatoms. The van der Waals surface area contributed by atoms with Gasteiger partial charge in [-0.1, -0.05) is 24.8 Å². The fourth-order valence-electron chi connectivity index (χ4n) is 2.42. The van der Waals surface area contributed by atoms with Crippen molar-refractivity contribution in [3.8, 4) is 5.88 Å². The van der Waals surface area contributed by atoms with E-state index in [0.29, 0.717) is 23.0 Å². The zero-order valence-electron chi connectivity index (χ0n) is 12.2. The number of carbonyl (C=O) groups is 2. The number of carbonyl (C=O) groups excluding carboxylic acids is 2. The highest BCUT2D eigenvalue weighted by molar-refractivity contribution is 5.94. The first kappa shape index (κ1) is 14.8. The van der Waals surface area contributed by atoms with E-state index in [9.17, 15) is 14.7 Å². The van der Waals surface area contributed by atoms with E-state index < -0.39 is 11.8 Å². The molecule has 1 atom stereocenters. The van der Waals surface area contributed by atoms with Crippen LogP contribution in [0.25, 0.3) is 10.9 Å². The number of hydrazine groups is 1. The molecule has 4 N–H and O–H groups in total. The molecule has 0 radical (unpaired) electrons. The molecule has 2 aromatic rings. The Hall–Kier alpha value is -3.16. The number of hydrogen-bond donors (Lipinski definition) is 4. The molecular formula is C15H15N5O3. The van der Waals surface area contributed by atoms with Crippen molar-refractivity contribution < 1.29 is 14.7 Å². The molecule has 0 aliphatic carbocycles. The number of benzene rings is 1. The van der Waals surface area contributed by atoms with Gasteiger partial charge in [0.05, 0.1) is 11.4 Å². The van der Waals surface area contributed by atoms with Gasteiger partial charge < -0.3 is 15.5 Å². The number of nitrogens with zero attached hydrogens (tertiary/aromatic N) is 2. The van der Waals surface area contributed by atoms with Crippen LogP contribution in [-0.2, 0) is 9.59 Å². The molecule has 23 heavy (non-hydrogen) atoms. The molecule has 2 heterocycles. The van der Waals surface area contributed by atoms with E-state index in [1.54, 1.807) is 18.2 Å². The fourth-order valence-corrected chi connectivity index (χ4v) is 2.42. The molecule has 1 saturated heterocycles. The van der Waals surface area contributed by atoms with Gasteiger partial charge in [-0.15, -0.1) is 10.2 Å². The zero-order valence-corrected chi connectivity index (χ0v) is 12.2. The average Bonchev–Trinajstić information content (AvgIpc) is 3.02. The first-order chi connectivity index (χ1) is 11.1. The van der Waals surface area contributed by atoms with Gasteiger partial charge in [-0.25, -0.2) is 0 Å². The van der Waals surface area contributed by atoms with E-state index in [1.807, 2.05) is 6.07 Å². The maximum atomic E-state index is 11.8. The summed E-state index contributed by atoms with van der Waals surface area (Å²) in [5.41, 5.74) is 6.52. The van der Waals surface area contributed by atoms with E-state index in [-0.39, 0.29) is 23.9 Å². The van der Waals surface area contributed by atoms with Gasteiger partial charge in [0, 0.05) is 17.5 Å². The van der Waals surface area contributed by atoms with Crippen molar-refractivity contribution in [3.05, 3.63) is 36.5 Å². The number of hydrogen-bond acceptors (Lipinski definition) is 5. The van der Waals surface area contributed by atoms with Gasteiger partial charge in [0.15, 0.2) is 5.69 Å². The summed E-state index contributed by atoms with van der Waals surface area (Å²) in [7, 11) is 0. The lowest BCUT2D eigenvalue weighted by Gasteiger charge is -2.03. The van der Waals surface area contributed by atoms with Gasteiger partial charge in [0.25, 0.3) is 5.91 Å². The van der Waals surface area contributed by atoms with Crippen molar-refractivity contribution in [3.63, 3.8) is 0 Å². The van der Waals surface area contributed by atoms with E-state index in [1.165, 1.54) is 0 Å². The lowest BCUT2D eigenvalue weighted by Crippen LogP contribution is -2.25. The van der Waals surface area contributed by atoms with Gasteiger partial charge in [-0.3, -0.25) is 15.0 Å². The van der Waals surface area contributed by atoms with Crippen LogP contribution in [-0.4, -0.2) is 21.9 Å². The van der Waals surface area contributed by atoms with Crippen LogP contribution in [0.1, 0.15) is 12.8 Å². The molecular weight excluding hydrogens is 298 g/mol. The predicted octanol–water partition coefficient (Wildman–Crippen LogP) is 2.03. The number of aromatic nitrogens is 1. The lowest BCUT2D eigenvalue weighted by molar-refractivity contribution is -0.122. The minimum absolute atomic E-state index is 0.0609. The highest BCUT2D eigenvalue weighted by atomic mass is 16.3. The van der Waals surface area contributed by atoms with Gasteiger partial charge in [0.1, 0.15) is 0 Å². The summed E-state index contributed by atoms with van der Waals surface area (Å²) in [5, 5.41) is 17.9. The second-order valence-corrected chi connectivity index (χ2v) is 5.19. The van der Waals surface area contributed by atoms with Crippen molar-refractivity contribution in [2.24, 2.45) is 16.1 Å². The summed E-state index contributed by atoms with van der Waals surface area (Å²) >= 11 is 0. The van der Waals surface area contributed by atoms with Gasteiger partial charge in [0.2, 0.25) is 11.8 Å². The second kappa shape index (κ2) is 5.91. The summed E-state index contributed by atoms with van der Waals surface area (Å²) in [5.74, 6) is -1.28. The first-order valence-electron chi connectivity index (χ1n) is 7.05. The normalized spacial score (nSPS) is 17.7. The Bertz CT molecular complexity index is 808. The standard InChI is InChI=1S/C15H15N5O3/c1-8-9(14(22)20-17-8)6-7-12(21)18-19-13-10-4-2-3-5-11(10)16-15(13)23/h2-5,9,16-17,23H,1,6-7H2,(H,20,22). The zero-order chi connectivity index (χ0) is 16.4. The minimum atomic E-state index is -0.470. The quantitative estimate of drug-likeness (QED) is 0.646. The molecule has 2 amide bonds. The Labute approximate surface area is 131 Å². The number of aromatic amines is 1. The molecule has 0 bridgehead atoms. The summed E-state index contributed by atoms with van der Waals surface area (Å²) in [6.45, 7) is 3.70. The van der Waals surface area contributed by atoms with E-state index >= 15 is 0 Å². The lowest BCUT2D eigenvalue weighted by atomic mass is 10.0. The number of aromatic hydroxyl groups is 1. The summed E-state index contributed by atoms with van der Waals surface area (Å²) in [6, 6.07) is 7.17. The molecule has 118 valence electrons. The molecule has 1 unspecified atom stereocenters. The number of amides is 2. The fraction of sp³-hybridized carbons (Fsp3) is 0.200. The number of fused-ring (bicyclic) bond motifs is 1. The molecule has 0 spiro atoms. The topological polar surface area (TPSA) is 119 Å². The number of azo groups is 1. The van der Waals surface area contributed by atoms with E-state index in [0.717, 1.165) is 0 Å². The Morgan fingerprint density at radius 1 is 1.30 bits per heavy atom. The van der Waals surface area contributed by atoms with Crippen LogP contribution in [0.4, 0.5) is 5.69 Å². The van der Waals surface area contributed by atoms with Gasteiger partial charge in [-0.2, -0.15) is 0 Å². The average molecular weight is 313 g/mol. The first-order valence-corrected chi connectivity index (χ1v) is 7.05. The van der Waals surface area contributed by atoms with Crippen LogP contribution in [0.3, 0.4) is 0 Å². The van der Waals surface area contributed by atoms with Gasteiger partial charge in [-0.05, 0) is 12.5 Å². The molecule has 1 aliphatic rings. The minimum Gasteiger partial charge on any atom is -0.493 e. The molecule has 1 fully saturated rings. The van der Waals surface area contributed by atoms with E-state index in [4.69, 9.17) is 0 Å². The predicted molar refractivity (Wildman–Crippen MR) is 82.6 cm³/mol. The molecule has 1 aliphatic heterocycles. The molecule has 1 aromatic carbocycles. The molecule has 1 aromatic heterocycles. The Kier molecular flexibility index (Phi) is 3.80. The number of rotatable bonds is 4. The van der Waals surface area contributed by atoms with Crippen LogP contribution in [0, 0.1) is 5.92 Å². The highest BCUT2D eigenvalue weighted by Crippen LogP contribution is 2.35. The van der Waals surface area contributed by atoms with Gasteiger partial charge >= 0.3 is 0 Å². The largest absolute Gasteiger partial charge is 0.493 e. The summed E-state index contributed by atoms with van der Waals surface area (Å²) in [4.78, 5) is 26.1. The smallest absolute Gasteiger partial charge is 0.264 e. The Morgan fingerprint density at radius 2 is 2.09 bits per heavy atom. The van der Waals surface area contributed by atoms with Crippen LogP contribution >= 0.6 is 0 Å². The summed E-state index contributed by atoms with van der Waals surface area (Å²) in [6.07, 6.45) is 0.362. The molecule has 8 nitrogen and oxygen atoms in total. The SMILES string of the molecule is C=C1NNC(=O)C1CCC(=O)N=Nc1c(O)[nH]c2ccccc12. The third-order valence-electron chi connectivity index (χ3n) is 3.65. The molecule has 0 saturated carbocycles. The van der Waals surface area contributed by atoms with E-state index in [2.05, 4.69) is 32.6 Å². The number of nitrogens with one attached hydrogen (secondary N) is 3. The number of para-hydroxylation sites is 1. The van der Waals surface area contributed by atoms with Crippen molar-refractivity contribution in [2.45, 2.75) is 12.8 Å². The third-order valence-corrected chi connectivity index (χ3v) is 3.65. The van der Waals surface area contributed by atoms with Crippen LogP contribution in [0.5, 0.6) is 5.88 Å². The van der Waals surface area contributed by atoms with Crippen LogP contribution in [0.15, 0.2) is 46.8 Å². The Balaban J connectivity index is 1.67. The monoisotopic (exact) mass is 313 g/mol. The maximum Gasteiger partial charge on any atom is 0.264 e. The third kappa shape index (κ3) is 2.91. The second-order valence-electron chi connectivity index (χ2n) is 5.19. The number of H-pyrrole nitrogens is 1. The Morgan fingerprint density at radius 3 is 2.83 bits per heavy atom. The maximum absolute atomic E-state index is 11.8. The van der Waals surface area contributed by atoms with Crippen LogP contribution < -0.4 is 10.9 Å². The van der Waals surface area contributed by atoms with Crippen LogP contribution in [0.2, 0.25) is 0 Å². The molecule has 3 rings (SSSR count). The van der Waals surface area contributed by atoms with Crippen molar-refractivity contribution >= 4 is 28.4 Å².